The van der Waals surface area contributed by atoms with Crippen LogP contribution >= 0.6 is 0 Å². The van der Waals surface area contributed by atoms with Gasteiger partial charge < -0.3 is 9.73 Å². The average Bonchev–Trinajstić information content (AvgIpc) is 2.48. The molecule has 0 radical (unpaired) electrons. The van der Waals surface area contributed by atoms with E-state index in [2.05, 4.69) is 5.32 Å². The van der Waals surface area contributed by atoms with Crippen LogP contribution in [0.15, 0.2) is 16.5 Å². The SMILES string of the molecule is CCNCc1ccc(C#N)o1. The van der Waals surface area contributed by atoms with E-state index in [1.807, 2.05) is 13.0 Å². The van der Waals surface area contributed by atoms with Crippen molar-refractivity contribution in [3.05, 3.63) is 23.7 Å². The van der Waals surface area contributed by atoms with Crippen LogP contribution in [0.25, 0.3) is 0 Å². The normalized spacial score (nSPS) is 9.45. The minimum Gasteiger partial charge on any atom is -0.449 e. The van der Waals surface area contributed by atoms with E-state index in [0.717, 1.165) is 12.3 Å². The lowest BCUT2D eigenvalue weighted by atomic mass is 10.4. The number of nitrogens with one attached hydrogen (secondary N) is 1. The number of hydrogen-bond donors (Lipinski definition) is 1. The molecule has 1 heterocycles. The Bertz CT molecular complexity index is 259. The second-order valence-corrected chi connectivity index (χ2v) is 2.16. The van der Waals surface area contributed by atoms with E-state index in [-0.39, 0.29) is 0 Å². The highest BCUT2D eigenvalue weighted by Gasteiger charge is 1.98. The zero-order valence-corrected chi connectivity index (χ0v) is 6.42. The van der Waals surface area contributed by atoms with Gasteiger partial charge in [-0.05, 0) is 18.7 Å². The summed E-state index contributed by atoms with van der Waals surface area (Å²) >= 11 is 0. The quantitative estimate of drug-likeness (QED) is 0.705. The van der Waals surface area contributed by atoms with Gasteiger partial charge in [-0.25, -0.2) is 0 Å². The molecule has 1 aromatic heterocycles. The van der Waals surface area contributed by atoms with Crippen LogP contribution in [-0.2, 0) is 6.54 Å². The molecule has 0 atom stereocenters. The maximum absolute atomic E-state index is 8.41. The summed E-state index contributed by atoms with van der Waals surface area (Å²) in [6.07, 6.45) is 0. The van der Waals surface area contributed by atoms with Gasteiger partial charge >= 0.3 is 0 Å². The molecule has 0 bridgehead atoms. The molecule has 1 N–H and O–H groups in total. The molecule has 0 spiro atoms. The molecule has 0 saturated carbocycles. The average molecular weight is 150 g/mol. The third kappa shape index (κ3) is 2.10. The van der Waals surface area contributed by atoms with Crippen molar-refractivity contribution in [3.8, 4) is 6.07 Å². The molecule has 1 rings (SSSR count). The van der Waals surface area contributed by atoms with E-state index < -0.39 is 0 Å². The molecule has 11 heavy (non-hydrogen) atoms. The largest absolute Gasteiger partial charge is 0.449 e. The summed E-state index contributed by atoms with van der Waals surface area (Å²) in [6.45, 7) is 3.62. The lowest BCUT2D eigenvalue weighted by molar-refractivity contribution is 0.478. The molecule has 0 fully saturated rings. The predicted molar refractivity (Wildman–Crippen MR) is 40.8 cm³/mol. The highest BCUT2D eigenvalue weighted by molar-refractivity contribution is 5.18. The highest BCUT2D eigenvalue weighted by Crippen LogP contribution is 2.05. The molecule has 3 nitrogen and oxygen atoms in total. The first-order valence-corrected chi connectivity index (χ1v) is 3.56. The number of nitriles is 1. The van der Waals surface area contributed by atoms with E-state index in [9.17, 15) is 0 Å². The molecule has 0 unspecified atom stereocenters. The van der Waals surface area contributed by atoms with Gasteiger partial charge in [-0.2, -0.15) is 5.26 Å². The summed E-state index contributed by atoms with van der Waals surface area (Å²) in [4.78, 5) is 0. The van der Waals surface area contributed by atoms with Crippen LogP contribution in [0.5, 0.6) is 0 Å². The van der Waals surface area contributed by atoms with Crippen molar-refractivity contribution in [1.82, 2.24) is 5.32 Å². The Morgan fingerprint density at radius 3 is 3.00 bits per heavy atom. The summed E-state index contributed by atoms with van der Waals surface area (Å²) < 4.78 is 5.11. The van der Waals surface area contributed by atoms with Crippen molar-refractivity contribution >= 4 is 0 Å². The third-order valence-electron chi connectivity index (χ3n) is 1.32. The zero-order chi connectivity index (χ0) is 8.10. The molecule has 1 aromatic rings. The minimum absolute atomic E-state index is 0.373. The van der Waals surface area contributed by atoms with Crippen LogP contribution < -0.4 is 5.32 Å². The molecule has 0 aliphatic heterocycles. The standard InChI is InChI=1S/C8H10N2O/c1-2-10-6-8-4-3-7(5-9)11-8/h3-4,10H,2,6H2,1H3. The van der Waals surface area contributed by atoms with Crippen LogP contribution in [0.1, 0.15) is 18.4 Å². The Balaban J connectivity index is 2.53. The fraction of sp³-hybridized carbons (Fsp3) is 0.375. The molecule has 0 saturated heterocycles. The van der Waals surface area contributed by atoms with Crippen LogP contribution in [0.2, 0.25) is 0 Å². The van der Waals surface area contributed by atoms with Crippen molar-refractivity contribution in [2.24, 2.45) is 0 Å². The molecular weight excluding hydrogens is 140 g/mol. The van der Waals surface area contributed by atoms with E-state index in [4.69, 9.17) is 9.68 Å². The van der Waals surface area contributed by atoms with Crippen LogP contribution in [0.4, 0.5) is 0 Å². The van der Waals surface area contributed by atoms with Gasteiger partial charge in [-0.3, -0.25) is 0 Å². The van der Waals surface area contributed by atoms with Gasteiger partial charge in [0.25, 0.3) is 0 Å². The first-order chi connectivity index (χ1) is 5.36. The van der Waals surface area contributed by atoms with Crippen molar-refractivity contribution < 1.29 is 4.42 Å². The molecule has 0 aliphatic rings. The van der Waals surface area contributed by atoms with Gasteiger partial charge in [0.1, 0.15) is 11.8 Å². The lowest BCUT2D eigenvalue weighted by Gasteiger charge is -1.94. The highest BCUT2D eigenvalue weighted by atomic mass is 16.3. The van der Waals surface area contributed by atoms with Crippen molar-refractivity contribution in [3.63, 3.8) is 0 Å². The number of nitrogens with zero attached hydrogens (tertiary/aromatic N) is 1. The van der Waals surface area contributed by atoms with E-state index in [0.29, 0.717) is 12.3 Å². The maximum atomic E-state index is 8.41. The van der Waals surface area contributed by atoms with Crippen LogP contribution in [0.3, 0.4) is 0 Å². The Labute approximate surface area is 65.6 Å². The summed E-state index contributed by atoms with van der Waals surface area (Å²) in [5.41, 5.74) is 0. The molecular formula is C8H10N2O. The zero-order valence-electron chi connectivity index (χ0n) is 6.42. The third-order valence-corrected chi connectivity index (χ3v) is 1.32. The fourth-order valence-corrected chi connectivity index (χ4v) is 0.781. The van der Waals surface area contributed by atoms with Gasteiger partial charge in [0.15, 0.2) is 0 Å². The van der Waals surface area contributed by atoms with Gasteiger partial charge in [-0.1, -0.05) is 6.92 Å². The van der Waals surface area contributed by atoms with Crippen molar-refractivity contribution in [2.45, 2.75) is 13.5 Å². The van der Waals surface area contributed by atoms with E-state index in [1.165, 1.54) is 0 Å². The van der Waals surface area contributed by atoms with E-state index >= 15 is 0 Å². The van der Waals surface area contributed by atoms with Crippen molar-refractivity contribution in [2.75, 3.05) is 6.54 Å². The first-order valence-electron chi connectivity index (χ1n) is 3.56. The number of hydrogen-bond acceptors (Lipinski definition) is 3. The van der Waals surface area contributed by atoms with Gasteiger partial charge in [-0.15, -0.1) is 0 Å². The smallest absolute Gasteiger partial charge is 0.203 e. The predicted octanol–water partition coefficient (Wildman–Crippen LogP) is 1.26. The Morgan fingerprint density at radius 1 is 1.64 bits per heavy atom. The number of furan rings is 1. The monoisotopic (exact) mass is 150 g/mol. The number of rotatable bonds is 3. The Hall–Kier alpha value is -1.27. The molecule has 0 aromatic carbocycles. The fourth-order valence-electron chi connectivity index (χ4n) is 0.781. The summed E-state index contributed by atoms with van der Waals surface area (Å²) in [7, 11) is 0. The van der Waals surface area contributed by atoms with Gasteiger partial charge in [0, 0.05) is 0 Å². The topological polar surface area (TPSA) is 49.0 Å². The van der Waals surface area contributed by atoms with Crippen molar-refractivity contribution in [1.29, 1.82) is 5.26 Å². The van der Waals surface area contributed by atoms with Gasteiger partial charge in [0.2, 0.25) is 5.76 Å². The minimum atomic E-state index is 0.373. The Kier molecular flexibility index (Phi) is 2.70. The Morgan fingerprint density at radius 2 is 2.45 bits per heavy atom. The second-order valence-electron chi connectivity index (χ2n) is 2.16. The van der Waals surface area contributed by atoms with Crippen LogP contribution in [-0.4, -0.2) is 6.54 Å². The molecule has 3 heteroatoms. The summed E-state index contributed by atoms with van der Waals surface area (Å²) in [5, 5.41) is 11.5. The maximum Gasteiger partial charge on any atom is 0.203 e. The molecule has 58 valence electrons. The first kappa shape index (κ1) is 7.83. The van der Waals surface area contributed by atoms with Gasteiger partial charge in [0.05, 0.1) is 6.54 Å². The summed E-state index contributed by atoms with van der Waals surface area (Å²) in [6, 6.07) is 5.41. The van der Waals surface area contributed by atoms with Crippen LogP contribution in [0, 0.1) is 11.3 Å². The molecule has 0 amide bonds. The molecule has 0 aliphatic carbocycles. The summed E-state index contributed by atoms with van der Waals surface area (Å²) in [5.74, 6) is 1.18. The van der Waals surface area contributed by atoms with E-state index in [1.54, 1.807) is 12.1 Å². The lowest BCUT2D eigenvalue weighted by Crippen LogP contribution is -2.10. The second kappa shape index (κ2) is 3.79.